The van der Waals surface area contributed by atoms with Crippen LogP contribution in [0.3, 0.4) is 0 Å². The summed E-state index contributed by atoms with van der Waals surface area (Å²) in [5.41, 5.74) is 5.06. The lowest BCUT2D eigenvalue weighted by atomic mass is 10.0. The summed E-state index contributed by atoms with van der Waals surface area (Å²) in [6.07, 6.45) is -0.190. The number of alkyl carbamates (subject to hydrolysis) is 1. The number of benzene rings is 2. The van der Waals surface area contributed by atoms with E-state index in [9.17, 15) is 19.5 Å². The van der Waals surface area contributed by atoms with Gasteiger partial charge in [-0.2, -0.15) is 0 Å². The Bertz CT molecular complexity index is 1110. The fraction of sp³-hybridized carbons (Fsp3) is 0.423. The first-order valence-corrected chi connectivity index (χ1v) is 11.4. The van der Waals surface area contributed by atoms with Crippen molar-refractivity contribution in [3.63, 3.8) is 0 Å². The van der Waals surface area contributed by atoms with Crippen molar-refractivity contribution in [3.8, 4) is 11.1 Å². The minimum absolute atomic E-state index is 0.148. The number of nitrogens with one attached hydrogen (secondary N) is 1. The number of rotatable bonds is 5. The summed E-state index contributed by atoms with van der Waals surface area (Å²) in [6, 6.07) is 13.3. The van der Waals surface area contributed by atoms with Gasteiger partial charge in [0, 0.05) is 13.1 Å². The molecule has 2 N–H and O–H groups in total. The Hall–Kier alpha value is -3.55. The molecular weight excluding hydrogens is 436 g/mol. The number of fused-ring (bicyclic) bond motifs is 3. The summed E-state index contributed by atoms with van der Waals surface area (Å²) >= 11 is 0. The first kappa shape index (κ1) is 23.6. The van der Waals surface area contributed by atoms with Crippen molar-refractivity contribution in [1.82, 2.24) is 10.2 Å². The highest BCUT2D eigenvalue weighted by Gasteiger charge is 2.41. The molecule has 1 aliphatic heterocycles. The van der Waals surface area contributed by atoms with Crippen LogP contribution in [0.4, 0.5) is 9.59 Å². The van der Waals surface area contributed by atoms with Gasteiger partial charge in [-0.15, -0.1) is 0 Å². The van der Waals surface area contributed by atoms with Crippen molar-refractivity contribution in [2.24, 2.45) is 5.92 Å². The van der Waals surface area contributed by atoms with E-state index in [1.165, 1.54) is 27.2 Å². The van der Waals surface area contributed by atoms with Crippen LogP contribution in [0.25, 0.3) is 11.1 Å². The van der Waals surface area contributed by atoms with E-state index in [-0.39, 0.29) is 32.0 Å². The average Bonchev–Trinajstić information content (AvgIpc) is 3.37. The molecule has 180 valence electrons. The summed E-state index contributed by atoms with van der Waals surface area (Å²) < 4.78 is 10.8. The number of carbonyl (C=O) groups is 3. The molecule has 8 heteroatoms. The molecule has 2 aliphatic rings. The lowest BCUT2D eigenvalue weighted by Crippen LogP contribution is -2.43. The summed E-state index contributed by atoms with van der Waals surface area (Å²) in [5, 5.41) is 12.2. The summed E-state index contributed by atoms with van der Waals surface area (Å²) in [7, 11) is 0. The highest BCUT2D eigenvalue weighted by molar-refractivity contribution is 5.81. The van der Waals surface area contributed by atoms with E-state index in [0.29, 0.717) is 0 Å². The predicted octanol–water partition coefficient (Wildman–Crippen LogP) is 4.19. The molecule has 0 spiro atoms. The summed E-state index contributed by atoms with van der Waals surface area (Å²) in [4.78, 5) is 37.6. The van der Waals surface area contributed by atoms with Crippen molar-refractivity contribution in [3.05, 3.63) is 59.2 Å². The number of hydrogen-bond donors (Lipinski definition) is 2. The van der Waals surface area contributed by atoms with Crippen molar-refractivity contribution >= 4 is 18.2 Å². The fourth-order valence-electron chi connectivity index (χ4n) is 4.61. The van der Waals surface area contributed by atoms with E-state index in [2.05, 4.69) is 23.5 Å². The van der Waals surface area contributed by atoms with E-state index in [4.69, 9.17) is 9.47 Å². The monoisotopic (exact) mass is 466 g/mol. The Balaban J connectivity index is 1.30. The van der Waals surface area contributed by atoms with Crippen molar-refractivity contribution in [1.29, 1.82) is 0 Å². The van der Waals surface area contributed by atoms with Crippen LogP contribution in [0.5, 0.6) is 0 Å². The van der Waals surface area contributed by atoms with E-state index < -0.39 is 29.8 Å². The van der Waals surface area contributed by atoms with Crippen molar-refractivity contribution in [2.75, 3.05) is 13.1 Å². The topological polar surface area (TPSA) is 105 Å². The smallest absolute Gasteiger partial charge is 0.411 e. The Morgan fingerprint density at radius 2 is 1.82 bits per heavy atom. The zero-order chi connectivity index (χ0) is 24.5. The molecule has 1 saturated heterocycles. The van der Waals surface area contributed by atoms with Crippen LogP contribution >= 0.6 is 0 Å². The van der Waals surface area contributed by atoms with Gasteiger partial charge in [0.2, 0.25) is 0 Å². The standard InChI is InChI=1S/C26H30N2O6/c1-26(2,3)34-25(32)28-14-16(11-22(28)23(29)30)13-27-24(31)33-15-18-8-6-10-20-19-9-5-4-7-17(19)12-21(18)20/h4-10,16,22H,11-15H2,1-3H3,(H,27,31)(H,29,30)/t16?,22-/m0/s1. The Morgan fingerprint density at radius 1 is 1.09 bits per heavy atom. The lowest BCUT2D eigenvalue weighted by Gasteiger charge is -2.26. The SMILES string of the molecule is CC(C)(C)OC(=O)N1CC(CNC(=O)OCc2cccc3c2Cc2ccccc2-3)C[C@H]1C(=O)O. The quantitative estimate of drug-likeness (QED) is 0.584. The van der Waals surface area contributed by atoms with Gasteiger partial charge in [0.05, 0.1) is 0 Å². The first-order valence-electron chi connectivity index (χ1n) is 11.4. The number of nitrogens with zero attached hydrogens (tertiary/aromatic N) is 1. The number of carboxylic acid groups (broad SMARTS) is 1. The third-order valence-corrected chi connectivity index (χ3v) is 6.14. The number of carbonyl (C=O) groups excluding carboxylic acids is 2. The zero-order valence-electron chi connectivity index (χ0n) is 19.7. The largest absolute Gasteiger partial charge is 0.480 e. The summed E-state index contributed by atoms with van der Waals surface area (Å²) in [5.74, 6) is -1.30. The van der Waals surface area contributed by atoms with Crippen molar-refractivity contribution in [2.45, 2.75) is 51.9 Å². The second-order valence-corrected chi connectivity index (χ2v) is 9.82. The Morgan fingerprint density at radius 3 is 2.56 bits per heavy atom. The highest BCUT2D eigenvalue weighted by Crippen LogP contribution is 2.38. The fourth-order valence-corrected chi connectivity index (χ4v) is 4.61. The third kappa shape index (κ3) is 5.16. The van der Waals surface area contributed by atoms with Crippen LogP contribution < -0.4 is 5.32 Å². The van der Waals surface area contributed by atoms with Crippen LogP contribution in [0.15, 0.2) is 42.5 Å². The van der Waals surface area contributed by atoms with Crippen LogP contribution in [0.2, 0.25) is 0 Å². The minimum atomic E-state index is -1.09. The van der Waals surface area contributed by atoms with Gasteiger partial charge in [-0.25, -0.2) is 14.4 Å². The second kappa shape index (κ2) is 9.37. The molecule has 0 aromatic heterocycles. The first-order chi connectivity index (χ1) is 16.1. The normalized spacial score (nSPS) is 18.7. The van der Waals surface area contributed by atoms with Gasteiger partial charge in [-0.1, -0.05) is 42.5 Å². The maximum absolute atomic E-state index is 12.4. The van der Waals surface area contributed by atoms with Gasteiger partial charge in [0.1, 0.15) is 18.2 Å². The van der Waals surface area contributed by atoms with Gasteiger partial charge in [-0.05, 0) is 67.3 Å². The number of ether oxygens (including phenoxy) is 2. The minimum Gasteiger partial charge on any atom is -0.480 e. The molecule has 1 unspecified atom stereocenters. The van der Waals surface area contributed by atoms with Crippen molar-refractivity contribution < 1.29 is 29.0 Å². The van der Waals surface area contributed by atoms with Gasteiger partial charge < -0.3 is 19.9 Å². The molecule has 0 radical (unpaired) electrons. The summed E-state index contributed by atoms with van der Waals surface area (Å²) in [6.45, 7) is 5.73. The lowest BCUT2D eigenvalue weighted by molar-refractivity contribution is -0.142. The van der Waals surface area contributed by atoms with E-state index in [0.717, 1.165) is 12.0 Å². The molecule has 34 heavy (non-hydrogen) atoms. The molecule has 1 heterocycles. The molecule has 8 nitrogen and oxygen atoms in total. The zero-order valence-corrected chi connectivity index (χ0v) is 19.7. The van der Waals surface area contributed by atoms with Gasteiger partial charge in [0.15, 0.2) is 0 Å². The molecule has 0 saturated carbocycles. The molecular formula is C26H30N2O6. The Labute approximate surface area is 198 Å². The number of aliphatic carboxylic acids is 1. The second-order valence-electron chi connectivity index (χ2n) is 9.82. The highest BCUT2D eigenvalue weighted by atomic mass is 16.6. The molecule has 2 aromatic carbocycles. The molecule has 2 atom stereocenters. The number of carboxylic acids is 1. The average molecular weight is 467 g/mol. The van der Waals surface area contributed by atoms with E-state index >= 15 is 0 Å². The maximum atomic E-state index is 12.4. The third-order valence-electron chi connectivity index (χ3n) is 6.14. The Kier molecular flexibility index (Phi) is 6.50. The number of hydrogen-bond acceptors (Lipinski definition) is 5. The van der Waals surface area contributed by atoms with E-state index in [1.807, 2.05) is 24.3 Å². The van der Waals surface area contributed by atoms with Crippen LogP contribution in [-0.4, -0.2) is 52.9 Å². The predicted molar refractivity (Wildman–Crippen MR) is 125 cm³/mol. The maximum Gasteiger partial charge on any atom is 0.411 e. The molecule has 0 bridgehead atoms. The molecule has 1 fully saturated rings. The molecule has 1 aliphatic carbocycles. The van der Waals surface area contributed by atoms with Gasteiger partial charge in [-0.3, -0.25) is 4.90 Å². The molecule has 4 rings (SSSR count). The van der Waals surface area contributed by atoms with Gasteiger partial charge in [0.25, 0.3) is 0 Å². The van der Waals surface area contributed by atoms with Crippen LogP contribution in [-0.2, 0) is 27.3 Å². The number of amides is 2. The molecule has 2 aromatic rings. The van der Waals surface area contributed by atoms with Crippen LogP contribution in [0.1, 0.15) is 43.9 Å². The van der Waals surface area contributed by atoms with E-state index in [1.54, 1.807) is 20.8 Å². The van der Waals surface area contributed by atoms with Gasteiger partial charge >= 0.3 is 18.2 Å². The van der Waals surface area contributed by atoms with Crippen LogP contribution in [0, 0.1) is 5.92 Å². The molecule has 2 amide bonds. The number of likely N-dealkylation sites (tertiary alicyclic amines) is 1.